The molecule has 0 saturated carbocycles. The first-order valence-corrected chi connectivity index (χ1v) is 8.77. The fourth-order valence-corrected chi connectivity index (χ4v) is 3.97. The second-order valence-corrected chi connectivity index (χ2v) is 6.71. The molecule has 1 aliphatic heterocycles. The largest absolute Gasteiger partial charge is 0.497 e. The average Bonchev–Trinajstić information content (AvgIpc) is 2.99. The van der Waals surface area contributed by atoms with E-state index in [1.807, 2.05) is 42.5 Å². The van der Waals surface area contributed by atoms with E-state index < -0.39 is 5.92 Å². The van der Waals surface area contributed by atoms with Crippen LogP contribution < -0.4 is 21.3 Å². The first-order chi connectivity index (χ1) is 13.6. The van der Waals surface area contributed by atoms with Crippen LogP contribution in [0.25, 0.3) is 5.70 Å². The van der Waals surface area contributed by atoms with Gasteiger partial charge in [0.1, 0.15) is 11.6 Å². The number of fused-ring (bicyclic) bond motifs is 3. The molecule has 1 aliphatic carbocycles. The molecule has 7 heteroatoms. The second kappa shape index (κ2) is 5.82. The van der Waals surface area contributed by atoms with Crippen LogP contribution in [0.2, 0.25) is 0 Å². The lowest BCUT2D eigenvalue weighted by atomic mass is 9.81. The van der Waals surface area contributed by atoms with Crippen LogP contribution in [0.5, 0.6) is 5.75 Å². The average molecular weight is 372 g/mol. The second-order valence-electron chi connectivity index (χ2n) is 6.71. The van der Waals surface area contributed by atoms with E-state index in [0.717, 1.165) is 11.1 Å². The van der Waals surface area contributed by atoms with Crippen LogP contribution in [0.4, 0.5) is 11.8 Å². The van der Waals surface area contributed by atoms with Gasteiger partial charge in [-0.1, -0.05) is 36.4 Å². The maximum atomic E-state index is 13.2. The van der Waals surface area contributed by atoms with Gasteiger partial charge in [-0.3, -0.25) is 14.6 Å². The number of benzene rings is 2. The van der Waals surface area contributed by atoms with Crippen LogP contribution in [-0.4, -0.2) is 22.9 Å². The van der Waals surface area contributed by atoms with Crippen molar-refractivity contribution in [3.05, 3.63) is 86.7 Å². The maximum Gasteiger partial charge on any atom is 0.258 e. The molecule has 0 bridgehead atoms. The summed E-state index contributed by atoms with van der Waals surface area (Å²) in [5.41, 5.74) is 9.18. The SMILES string of the molecule is COc1ccc(C2C3=C(Nc4nc(N)[nH]c(=O)c42)c2ccccc2C3=O)cc1. The van der Waals surface area contributed by atoms with Gasteiger partial charge in [-0.2, -0.15) is 4.98 Å². The topological polar surface area (TPSA) is 110 Å². The molecule has 7 nitrogen and oxygen atoms in total. The van der Waals surface area contributed by atoms with Crippen LogP contribution >= 0.6 is 0 Å². The zero-order valence-electron chi connectivity index (χ0n) is 14.9. The van der Waals surface area contributed by atoms with Gasteiger partial charge in [0.05, 0.1) is 18.4 Å². The number of Topliss-reactive ketones (excluding diaryl/α,β-unsaturated/α-hetero) is 1. The van der Waals surface area contributed by atoms with E-state index in [9.17, 15) is 9.59 Å². The molecule has 0 amide bonds. The number of H-pyrrole nitrogens is 1. The summed E-state index contributed by atoms with van der Waals surface area (Å²) in [5.74, 6) is 0.420. The molecule has 1 aromatic heterocycles. The molecule has 1 unspecified atom stereocenters. The zero-order valence-corrected chi connectivity index (χ0v) is 14.9. The standard InChI is InChI=1S/C21H16N4O3/c1-28-11-8-6-10(7-9-11)14-15-17(12-4-2-3-5-13(12)18(15)26)23-19-16(14)20(27)25-21(22)24-19/h2-9,14H,1H3,(H4,22,23,24,25,27). The Morgan fingerprint density at radius 2 is 1.75 bits per heavy atom. The molecule has 0 fully saturated rings. The number of allylic oxidation sites excluding steroid dienone is 1. The molecular formula is C21H16N4O3. The van der Waals surface area contributed by atoms with E-state index in [-0.39, 0.29) is 17.3 Å². The van der Waals surface area contributed by atoms with E-state index in [2.05, 4.69) is 15.3 Å². The number of nitrogens with one attached hydrogen (secondary N) is 2. The first kappa shape index (κ1) is 16.3. The molecule has 4 N–H and O–H groups in total. The van der Waals surface area contributed by atoms with Crippen molar-refractivity contribution in [3.8, 4) is 5.75 Å². The Morgan fingerprint density at radius 1 is 1.04 bits per heavy atom. The highest BCUT2D eigenvalue weighted by Crippen LogP contribution is 2.47. The van der Waals surface area contributed by atoms with Crippen LogP contribution in [0.3, 0.4) is 0 Å². The van der Waals surface area contributed by atoms with Crippen molar-refractivity contribution in [2.75, 3.05) is 18.2 Å². The predicted octanol–water partition coefficient (Wildman–Crippen LogP) is 2.53. The molecule has 2 heterocycles. The van der Waals surface area contributed by atoms with Crippen LogP contribution in [0, 0.1) is 0 Å². The smallest absolute Gasteiger partial charge is 0.258 e. The Balaban J connectivity index is 1.79. The zero-order chi connectivity index (χ0) is 19.4. The van der Waals surface area contributed by atoms with E-state index in [1.165, 1.54) is 0 Å². The van der Waals surface area contributed by atoms with Crippen LogP contribution in [0.1, 0.15) is 33.0 Å². The minimum absolute atomic E-state index is 0.0198. The third kappa shape index (κ3) is 2.19. The third-order valence-corrected chi connectivity index (χ3v) is 5.20. The Labute approximate surface area is 159 Å². The summed E-state index contributed by atoms with van der Waals surface area (Å²) >= 11 is 0. The highest BCUT2D eigenvalue weighted by Gasteiger charge is 2.41. The lowest BCUT2D eigenvalue weighted by molar-refractivity contribution is 0.103. The number of carbonyl (C=O) groups is 1. The molecular weight excluding hydrogens is 356 g/mol. The molecule has 3 aromatic rings. The van der Waals surface area contributed by atoms with Crippen molar-refractivity contribution in [2.24, 2.45) is 0 Å². The van der Waals surface area contributed by atoms with Gasteiger partial charge in [0.25, 0.3) is 5.56 Å². The van der Waals surface area contributed by atoms with Gasteiger partial charge in [0.2, 0.25) is 5.95 Å². The summed E-state index contributed by atoms with van der Waals surface area (Å²) in [4.78, 5) is 32.9. The van der Waals surface area contributed by atoms with Gasteiger partial charge in [-0.25, -0.2) is 0 Å². The third-order valence-electron chi connectivity index (χ3n) is 5.20. The molecule has 2 aromatic carbocycles. The number of hydrogen-bond acceptors (Lipinski definition) is 6. The normalized spacial score (nSPS) is 16.9. The van der Waals surface area contributed by atoms with Crippen LogP contribution in [0.15, 0.2) is 58.9 Å². The summed E-state index contributed by atoms with van der Waals surface area (Å²) < 4.78 is 5.24. The van der Waals surface area contributed by atoms with E-state index >= 15 is 0 Å². The quantitative estimate of drug-likeness (QED) is 0.638. The summed E-state index contributed by atoms with van der Waals surface area (Å²) in [6.45, 7) is 0. The number of methoxy groups -OCH3 is 1. The summed E-state index contributed by atoms with van der Waals surface area (Å²) in [7, 11) is 1.59. The number of aromatic nitrogens is 2. The fourth-order valence-electron chi connectivity index (χ4n) is 3.97. The highest BCUT2D eigenvalue weighted by atomic mass is 16.5. The van der Waals surface area contributed by atoms with Gasteiger partial charge in [-0.05, 0) is 17.7 Å². The minimum atomic E-state index is -0.561. The van der Waals surface area contributed by atoms with Gasteiger partial charge in [-0.15, -0.1) is 0 Å². The lowest BCUT2D eigenvalue weighted by Gasteiger charge is -2.27. The van der Waals surface area contributed by atoms with Gasteiger partial charge < -0.3 is 15.8 Å². The first-order valence-electron chi connectivity index (χ1n) is 8.77. The van der Waals surface area contributed by atoms with Gasteiger partial charge in [0.15, 0.2) is 5.78 Å². The Morgan fingerprint density at radius 3 is 2.46 bits per heavy atom. The summed E-state index contributed by atoms with van der Waals surface area (Å²) in [6, 6.07) is 14.7. The monoisotopic (exact) mass is 372 g/mol. The summed E-state index contributed by atoms with van der Waals surface area (Å²) in [5, 5.41) is 3.17. The highest BCUT2D eigenvalue weighted by molar-refractivity contribution is 6.23. The van der Waals surface area contributed by atoms with E-state index in [4.69, 9.17) is 10.5 Å². The molecule has 138 valence electrons. The molecule has 2 aliphatic rings. The number of ketones is 1. The van der Waals surface area contributed by atoms with Crippen molar-refractivity contribution < 1.29 is 9.53 Å². The Kier molecular flexibility index (Phi) is 3.39. The molecule has 1 atom stereocenters. The summed E-state index contributed by atoms with van der Waals surface area (Å²) in [6.07, 6.45) is 0. The number of anilines is 2. The number of nitrogen functional groups attached to an aromatic ring is 1. The van der Waals surface area contributed by atoms with Gasteiger partial charge >= 0.3 is 0 Å². The number of ether oxygens (including phenoxy) is 1. The predicted molar refractivity (Wildman–Crippen MR) is 105 cm³/mol. The molecule has 0 saturated heterocycles. The van der Waals surface area contributed by atoms with E-state index in [1.54, 1.807) is 13.2 Å². The number of aromatic amines is 1. The van der Waals surface area contributed by atoms with Crippen molar-refractivity contribution in [2.45, 2.75) is 5.92 Å². The molecule has 0 radical (unpaired) electrons. The minimum Gasteiger partial charge on any atom is -0.497 e. The Hall–Kier alpha value is -3.87. The molecule has 5 rings (SSSR count). The number of nitrogens with zero attached hydrogens (tertiary/aromatic N) is 1. The maximum absolute atomic E-state index is 13.2. The molecule has 28 heavy (non-hydrogen) atoms. The fraction of sp³-hybridized carbons (Fsp3) is 0.0952. The van der Waals surface area contributed by atoms with Crippen molar-refractivity contribution >= 4 is 23.2 Å². The number of nitrogens with two attached hydrogens (primary N) is 1. The van der Waals surface area contributed by atoms with Gasteiger partial charge in [0, 0.05) is 22.6 Å². The van der Waals surface area contributed by atoms with Crippen LogP contribution in [-0.2, 0) is 0 Å². The Bertz CT molecular complexity index is 1230. The van der Waals surface area contributed by atoms with Crippen molar-refractivity contribution in [1.82, 2.24) is 9.97 Å². The lowest BCUT2D eigenvalue weighted by Crippen LogP contribution is -2.28. The van der Waals surface area contributed by atoms with E-state index in [0.29, 0.717) is 34.0 Å². The number of carbonyl (C=O) groups excluding carboxylic acids is 1. The number of hydrogen-bond donors (Lipinski definition) is 3. The van der Waals surface area contributed by atoms with Crippen molar-refractivity contribution in [1.29, 1.82) is 0 Å². The van der Waals surface area contributed by atoms with Crippen molar-refractivity contribution in [3.63, 3.8) is 0 Å². The molecule has 0 spiro atoms. The number of rotatable bonds is 2.